The summed E-state index contributed by atoms with van der Waals surface area (Å²) in [5, 5.41) is 0. The molecule has 4 rings (SSSR count). The summed E-state index contributed by atoms with van der Waals surface area (Å²) in [4.78, 5) is 0. The third-order valence-corrected chi connectivity index (χ3v) is 5.88. The van der Waals surface area contributed by atoms with E-state index in [4.69, 9.17) is 18.9 Å². The molecule has 0 unspecified atom stereocenters. The lowest BCUT2D eigenvalue weighted by molar-refractivity contribution is 0.0180. The van der Waals surface area contributed by atoms with Crippen LogP contribution in [-0.4, -0.2) is 46.8 Å². The van der Waals surface area contributed by atoms with Crippen molar-refractivity contribution in [3.8, 4) is 5.75 Å². The van der Waals surface area contributed by atoms with Gasteiger partial charge in [-0.25, -0.2) is 0 Å². The quantitative estimate of drug-likeness (QED) is 0.143. The van der Waals surface area contributed by atoms with Crippen LogP contribution in [0.25, 0.3) is 11.1 Å². The van der Waals surface area contributed by atoms with Gasteiger partial charge >= 0.3 is 0 Å². The second kappa shape index (κ2) is 14.8. The Hall–Kier alpha value is -3.70. The highest BCUT2D eigenvalue weighted by Crippen LogP contribution is 2.37. The van der Waals surface area contributed by atoms with E-state index in [0.29, 0.717) is 39.6 Å². The Balaban J connectivity index is 1.54. The van der Waals surface area contributed by atoms with Crippen LogP contribution in [0.1, 0.15) is 22.3 Å². The minimum atomic E-state index is 0.484. The molecule has 0 radical (unpaired) electrons. The zero-order valence-electron chi connectivity index (χ0n) is 21.3. The number of benzene rings is 4. The predicted octanol–water partition coefficient (Wildman–Crippen LogP) is 6.75. The Morgan fingerprint density at radius 2 is 0.811 bits per heavy atom. The Morgan fingerprint density at radius 3 is 1.24 bits per heavy atom. The SMILES string of the molecule is COCCOCCOCCOc1ccc(C(=C(c2ccccc2)c2ccccc2)c2ccccc2)cc1. The maximum Gasteiger partial charge on any atom is 0.119 e. The van der Waals surface area contributed by atoms with E-state index in [1.165, 1.54) is 27.8 Å². The third kappa shape index (κ3) is 7.89. The van der Waals surface area contributed by atoms with E-state index in [-0.39, 0.29) is 0 Å². The van der Waals surface area contributed by atoms with Crippen LogP contribution in [0, 0.1) is 0 Å². The smallest absolute Gasteiger partial charge is 0.119 e. The van der Waals surface area contributed by atoms with Gasteiger partial charge in [-0.15, -0.1) is 0 Å². The van der Waals surface area contributed by atoms with Crippen molar-refractivity contribution in [1.82, 2.24) is 0 Å². The van der Waals surface area contributed by atoms with Gasteiger partial charge in [-0.1, -0.05) is 103 Å². The first kappa shape index (κ1) is 26.4. The molecule has 0 atom stereocenters. The maximum absolute atomic E-state index is 5.92. The van der Waals surface area contributed by atoms with Crippen molar-refractivity contribution in [3.63, 3.8) is 0 Å². The first-order chi connectivity index (χ1) is 18.4. The van der Waals surface area contributed by atoms with Gasteiger partial charge in [-0.2, -0.15) is 0 Å². The van der Waals surface area contributed by atoms with Crippen molar-refractivity contribution in [2.24, 2.45) is 0 Å². The summed E-state index contributed by atoms with van der Waals surface area (Å²) in [7, 11) is 1.66. The molecule has 0 aromatic heterocycles. The molecule has 0 N–H and O–H groups in total. The lowest BCUT2D eigenvalue weighted by atomic mass is 9.86. The minimum Gasteiger partial charge on any atom is -0.491 e. The van der Waals surface area contributed by atoms with E-state index in [2.05, 4.69) is 103 Å². The highest BCUT2D eigenvalue weighted by molar-refractivity contribution is 6.04. The highest BCUT2D eigenvalue weighted by atomic mass is 16.6. The fourth-order valence-electron chi connectivity index (χ4n) is 4.13. The van der Waals surface area contributed by atoms with E-state index in [1.807, 2.05) is 12.1 Å². The van der Waals surface area contributed by atoms with Gasteiger partial charge < -0.3 is 18.9 Å². The molecule has 4 aromatic carbocycles. The Labute approximate surface area is 220 Å². The number of ether oxygens (including phenoxy) is 4. The Kier molecular flexibility index (Phi) is 10.5. The molecule has 0 fully saturated rings. The number of hydrogen-bond acceptors (Lipinski definition) is 4. The molecule has 0 amide bonds. The molecule has 0 saturated heterocycles. The van der Waals surface area contributed by atoms with Gasteiger partial charge in [0.05, 0.1) is 33.0 Å². The standard InChI is InChI=1S/C33H34O4/c1-34-21-22-35-23-24-36-25-26-37-31-19-17-30(18-20-31)33(29-15-9-4-10-16-29)32(27-11-5-2-6-12-27)28-13-7-3-8-14-28/h2-20H,21-26H2,1H3. The summed E-state index contributed by atoms with van der Waals surface area (Å²) >= 11 is 0. The minimum absolute atomic E-state index is 0.484. The molecule has 4 nitrogen and oxygen atoms in total. The van der Waals surface area contributed by atoms with Crippen LogP contribution in [0.15, 0.2) is 115 Å². The molecule has 0 bridgehead atoms. The number of methoxy groups -OCH3 is 1. The Morgan fingerprint density at radius 1 is 0.432 bits per heavy atom. The zero-order chi connectivity index (χ0) is 25.5. The fourth-order valence-corrected chi connectivity index (χ4v) is 4.13. The molecule has 37 heavy (non-hydrogen) atoms. The summed E-state index contributed by atoms with van der Waals surface area (Å²) in [6.07, 6.45) is 0. The van der Waals surface area contributed by atoms with E-state index in [9.17, 15) is 0 Å². The van der Waals surface area contributed by atoms with E-state index >= 15 is 0 Å². The van der Waals surface area contributed by atoms with Gasteiger partial charge in [0.1, 0.15) is 12.4 Å². The molecule has 0 aliphatic carbocycles. The van der Waals surface area contributed by atoms with Gasteiger partial charge in [0.15, 0.2) is 0 Å². The maximum atomic E-state index is 5.92. The average molecular weight is 495 g/mol. The lowest BCUT2D eigenvalue weighted by Gasteiger charge is -2.18. The molecule has 0 spiro atoms. The summed E-state index contributed by atoms with van der Waals surface area (Å²) in [6.45, 7) is 3.27. The highest BCUT2D eigenvalue weighted by Gasteiger charge is 2.16. The van der Waals surface area contributed by atoms with Crippen LogP contribution in [-0.2, 0) is 14.2 Å². The van der Waals surface area contributed by atoms with Crippen LogP contribution in [0.3, 0.4) is 0 Å². The molecule has 0 saturated carbocycles. The monoisotopic (exact) mass is 494 g/mol. The average Bonchev–Trinajstić information content (AvgIpc) is 2.97. The van der Waals surface area contributed by atoms with Crippen LogP contribution >= 0.6 is 0 Å². The van der Waals surface area contributed by atoms with Gasteiger partial charge in [0.2, 0.25) is 0 Å². The van der Waals surface area contributed by atoms with Crippen LogP contribution in [0.5, 0.6) is 5.75 Å². The van der Waals surface area contributed by atoms with Crippen molar-refractivity contribution in [3.05, 3.63) is 138 Å². The van der Waals surface area contributed by atoms with E-state index < -0.39 is 0 Å². The van der Waals surface area contributed by atoms with Crippen LogP contribution < -0.4 is 4.74 Å². The molecular weight excluding hydrogens is 460 g/mol. The first-order valence-electron chi connectivity index (χ1n) is 12.6. The normalized spacial score (nSPS) is 10.7. The molecule has 4 heteroatoms. The summed E-state index contributed by atoms with van der Waals surface area (Å²) in [5.41, 5.74) is 7.03. The second-order valence-electron chi connectivity index (χ2n) is 8.44. The molecular formula is C33H34O4. The van der Waals surface area contributed by atoms with Gasteiger partial charge in [-0.3, -0.25) is 0 Å². The molecule has 0 aliphatic rings. The van der Waals surface area contributed by atoms with Crippen molar-refractivity contribution < 1.29 is 18.9 Å². The molecule has 0 aliphatic heterocycles. The number of rotatable bonds is 14. The Bertz CT molecular complexity index is 1160. The molecule has 190 valence electrons. The topological polar surface area (TPSA) is 36.9 Å². The summed E-state index contributed by atoms with van der Waals surface area (Å²) in [6, 6.07) is 40.0. The van der Waals surface area contributed by atoms with E-state index in [1.54, 1.807) is 7.11 Å². The van der Waals surface area contributed by atoms with Gasteiger partial charge in [-0.05, 0) is 45.5 Å². The van der Waals surface area contributed by atoms with Gasteiger partial charge in [0, 0.05) is 7.11 Å². The van der Waals surface area contributed by atoms with Gasteiger partial charge in [0.25, 0.3) is 0 Å². The fraction of sp³-hybridized carbons (Fsp3) is 0.212. The zero-order valence-corrected chi connectivity index (χ0v) is 21.3. The molecule has 0 heterocycles. The van der Waals surface area contributed by atoms with Crippen LogP contribution in [0.4, 0.5) is 0 Å². The third-order valence-electron chi connectivity index (χ3n) is 5.88. The predicted molar refractivity (Wildman–Crippen MR) is 150 cm³/mol. The lowest BCUT2D eigenvalue weighted by Crippen LogP contribution is -2.12. The first-order valence-corrected chi connectivity index (χ1v) is 12.6. The second-order valence-corrected chi connectivity index (χ2v) is 8.44. The van der Waals surface area contributed by atoms with Crippen LogP contribution in [0.2, 0.25) is 0 Å². The molecule has 4 aromatic rings. The summed E-state index contributed by atoms with van der Waals surface area (Å²) < 4.78 is 21.9. The number of hydrogen-bond donors (Lipinski definition) is 0. The van der Waals surface area contributed by atoms with Crippen molar-refractivity contribution >= 4 is 11.1 Å². The van der Waals surface area contributed by atoms with Crippen molar-refractivity contribution in [2.75, 3.05) is 46.8 Å². The largest absolute Gasteiger partial charge is 0.491 e. The van der Waals surface area contributed by atoms with Crippen molar-refractivity contribution in [2.45, 2.75) is 0 Å². The van der Waals surface area contributed by atoms with Crippen molar-refractivity contribution in [1.29, 1.82) is 0 Å². The van der Waals surface area contributed by atoms with E-state index in [0.717, 1.165) is 11.3 Å². The summed E-state index contributed by atoms with van der Waals surface area (Å²) in [5.74, 6) is 0.817.